The Morgan fingerprint density at radius 2 is 2.00 bits per heavy atom. The van der Waals surface area contributed by atoms with E-state index in [9.17, 15) is 18.0 Å². The number of carbonyl (C=O) groups excluding carboxylic acids is 1. The molecule has 0 unspecified atom stereocenters. The van der Waals surface area contributed by atoms with Gasteiger partial charge in [-0.25, -0.2) is 4.98 Å². The van der Waals surface area contributed by atoms with Crippen molar-refractivity contribution in [3.05, 3.63) is 47.2 Å². The number of aromatic nitrogens is 1. The van der Waals surface area contributed by atoms with Crippen LogP contribution in [-0.4, -0.2) is 30.8 Å². The fraction of sp³-hybridized carbons (Fsp3) is 0.294. The summed E-state index contributed by atoms with van der Waals surface area (Å²) in [5.41, 5.74) is 2.41. The molecule has 0 atom stereocenters. The van der Waals surface area contributed by atoms with Crippen LogP contribution in [0.5, 0.6) is 5.75 Å². The molecule has 3 rings (SSSR count). The molecular formula is C17H15F3N2O3. The summed E-state index contributed by atoms with van der Waals surface area (Å²) in [6.45, 7) is -0.961. The number of rotatable bonds is 5. The number of nitrogens with zero attached hydrogens (tertiary/aromatic N) is 1. The van der Waals surface area contributed by atoms with Crippen molar-refractivity contribution in [1.29, 1.82) is 0 Å². The smallest absolute Gasteiger partial charge is 0.422 e. The fourth-order valence-corrected chi connectivity index (χ4v) is 2.66. The Labute approximate surface area is 141 Å². The summed E-state index contributed by atoms with van der Waals surface area (Å²) in [5.74, 6) is -0.187. The normalized spacial score (nSPS) is 13.5. The number of ether oxygens (including phenoxy) is 2. The minimum Gasteiger partial charge on any atom is -0.483 e. The molecule has 0 saturated heterocycles. The molecule has 1 N–H and O–H groups in total. The van der Waals surface area contributed by atoms with E-state index in [1.807, 2.05) is 0 Å². The third-order valence-corrected chi connectivity index (χ3v) is 3.67. The van der Waals surface area contributed by atoms with Gasteiger partial charge in [0.15, 0.2) is 6.61 Å². The number of hydrogen-bond donors (Lipinski definition) is 1. The van der Waals surface area contributed by atoms with Gasteiger partial charge in [0.1, 0.15) is 5.75 Å². The zero-order valence-electron chi connectivity index (χ0n) is 13.3. The molecule has 0 spiro atoms. The molecule has 1 aliphatic heterocycles. The molecule has 132 valence electrons. The van der Waals surface area contributed by atoms with E-state index in [1.165, 1.54) is 13.2 Å². The highest BCUT2D eigenvalue weighted by atomic mass is 19.4. The van der Waals surface area contributed by atoms with Crippen LogP contribution in [0.25, 0.3) is 11.3 Å². The summed E-state index contributed by atoms with van der Waals surface area (Å²) in [5, 5.41) is 2.70. The molecule has 0 bridgehead atoms. The van der Waals surface area contributed by atoms with E-state index < -0.39 is 12.8 Å². The van der Waals surface area contributed by atoms with Crippen LogP contribution < -0.4 is 10.1 Å². The Bertz CT molecular complexity index is 806. The van der Waals surface area contributed by atoms with Crippen molar-refractivity contribution in [3.8, 4) is 17.0 Å². The minimum atomic E-state index is -4.45. The average Bonchev–Trinajstić information content (AvgIpc) is 2.94. The van der Waals surface area contributed by atoms with Crippen LogP contribution in [0.3, 0.4) is 0 Å². The number of methoxy groups -OCH3 is 1. The molecule has 25 heavy (non-hydrogen) atoms. The molecule has 0 saturated carbocycles. The molecule has 0 aliphatic carbocycles. The Morgan fingerprint density at radius 1 is 1.24 bits per heavy atom. The number of para-hydroxylation sites is 1. The van der Waals surface area contributed by atoms with Gasteiger partial charge in [0, 0.05) is 30.3 Å². The van der Waals surface area contributed by atoms with Crippen LogP contribution >= 0.6 is 0 Å². The highest BCUT2D eigenvalue weighted by Gasteiger charge is 2.30. The molecule has 1 aromatic heterocycles. The van der Waals surface area contributed by atoms with E-state index in [0.717, 1.165) is 0 Å². The maximum absolute atomic E-state index is 12.5. The first-order valence-corrected chi connectivity index (χ1v) is 7.48. The standard InChI is InChI=1S/C17H15F3N2O3/c1-24-8-10-6-12-13(7-21-16(12)23)15(22-10)11-4-2-3-5-14(11)25-9-17(18,19)20/h2-6H,7-9H2,1H3,(H,21,23). The lowest BCUT2D eigenvalue weighted by Gasteiger charge is -2.15. The quantitative estimate of drug-likeness (QED) is 0.898. The van der Waals surface area contributed by atoms with E-state index in [4.69, 9.17) is 9.47 Å². The van der Waals surface area contributed by atoms with Gasteiger partial charge in [-0.1, -0.05) is 12.1 Å². The number of alkyl halides is 3. The lowest BCUT2D eigenvalue weighted by Crippen LogP contribution is -2.19. The second-order valence-corrected chi connectivity index (χ2v) is 5.50. The predicted molar refractivity (Wildman–Crippen MR) is 83.1 cm³/mol. The number of hydrogen-bond acceptors (Lipinski definition) is 4. The van der Waals surface area contributed by atoms with Crippen molar-refractivity contribution < 1.29 is 27.4 Å². The van der Waals surface area contributed by atoms with Crippen molar-refractivity contribution in [2.75, 3.05) is 13.7 Å². The van der Waals surface area contributed by atoms with Crippen LogP contribution in [0.1, 0.15) is 21.6 Å². The molecule has 0 radical (unpaired) electrons. The summed E-state index contributed by atoms with van der Waals surface area (Å²) in [4.78, 5) is 16.5. The number of nitrogens with one attached hydrogen (secondary N) is 1. The molecule has 5 nitrogen and oxygen atoms in total. The number of carbonyl (C=O) groups is 1. The van der Waals surface area contributed by atoms with Crippen molar-refractivity contribution in [1.82, 2.24) is 10.3 Å². The van der Waals surface area contributed by atoms with Gasteiger partial charge in [0.2, 0.25) is 0 Å². The van der Waals surface area contributed by atoms with Gasteiger partial charge in [-0.05, 0) is 18.2 Å². The zero-order chi connectivity index (χ0) is 18.0. The van der Waals surface area contributed by atoms with Crippen LogP contribution in [0.15, 0.2) is 30.3 Å². The van der Waals surface area contributed by atoms with Crippen molar-refractivity contribution in [3.63, 3.8) is 0 Å². The Morgan fingerprint density at radius 3 is 2.72 bits per heavy atom. The highest BCUT2D eigenvalue weighted by molar-refractivity contribution is 6.00. The number of fused-ring (bicyclic) bond motifs is 1. The molecule has 8 heteroatoms. The average molecular weight is 352 g/mol. The van der Waals surface area contributed by atoms with Gasteiger partial charge in [0.05, 0.1) is 18.0 Å². The van der Waals surface area contributed by atoms with E-state index in [1.54, 1.807) is 24.3 Å². The van der Waals surface area contributed by atoms with E-state index in [-0.39, 0.29) is 24.8 Å². The first-order chi connectivity index (χ1) is 11.9. The van der Waals surface area contributed by atoms with Gasteiger partial charge in [0.25, 0.3) is 5.91 Å². The van der Waals surface area contributed by atoms with Crippen LogP contribution in [0, 0.1) is 0 Å². The van der Waals surface area contributed by atoms with E-state index in [2.05, 4.69) is 10.3 Å². The predicted octanol–water partition coefficient (Wildman–Crippen LogP) is 3.08. The maximum Gasteiger partial charge on any atom is 0.422 e. The van der Waals surface area contributed by atoms with Gasteiger partial charge < -0.3 is 14.8 Å². The Hall–Kier alpha value is -2.61. The van der Waals surface area contributed by atoms with Gasteiger partial charge in [-0.15, -0.1) is 0 Å². The zero-order valence-corrected chi connectivity index (χ0v) is 13.3. The van der Waals surface area contributed by atoms with Gasteiger partial charge in [-0.3, -0.25) is 4.79 Å². The number of pyridine rings is 1. The molecule has 0 fully saturated rings. The molecule has 1 aliphatic rings. The van der Waals surface area contributed by atoms with Crippen LogP contribution in [-0.2, 0) is 17.9 Å². The second kappa shape index (κ2) is 6.72. The van der Waals surface area contributed by atoms with Crippen LogP contribution in [0.2, 0.25) is 0 Å². The molecule has 2 aromatic rings. The number of halogens is 3. The first kappa shape index (κ1) is 17.2. The Kier molecular flexibility index (Phi) is 4.63. The van der Waals surface area contributed by atoms with Crippen molar-refractivity contribution in [2.24, 2.45) is 0 Å². The largest absolute Gasteiger partial charge is 0.483 e. The SMILES string of the molecule is COCc1cc2c(c(-c3ccccc3OCC(F)(F)F)n1)CNC2=O. The second-order valence-electron chi connectivity index (χ2n) is 5.50. The molecule has 2 heterocycles. The van der Waals surface area contributed by atoms with E-state index >= 15 is 0 Å². The summed E-state index contributed by atoms with van der Waals surface area (Å²) < 4.78 is 47.5. The maximum atomic E-state index is 12.5. The first-order valence-electron chi connectivity index (χ1n) is 7.48. The topological polar surface area (TPSA) is 60.5 Å². The van der Waals surface area contributed by atoms with Gasteiger partial charge in [-0.2, -0.15) is 13.2 Å². The summed E-state index contributed by atoms with van der Waals surface area (Å²) in [7, 11) is 1.50. The monoisotopic (exact) mass is 352 g/mol. The molecule has 1 amide bonds. The summed E-state index contributed by atoms with van der Waals surface area (Å²) >= 11 is 0. The lowest BCUT2D eigenvalue weighted by molar-refractivity contribution is -0.153. The van der Waals surface area contributed by atoms with E-state index in [0.29, 0.717) is 28.1 Å². The van der Waals surface area contributed by atoms with Crippen LogP contribution in [0.4, 0.5) is 13.2 Å². The third-order valence-electron chi connectivity index (χ3n) is 3.67. The Balaban J connectivity index is 2.08. The van der Waals surface area contributed by atoms with Gasteiger partial charge >= 0.3 is 6.18 Å². The summed E-state index contributed by atoms with van der Waals surface area (Å²) in [6.07, 6.45) is -4.45. The van der Waals surface area contributed by atoms with Crippen molar-refractivity contribution in [2.45, 2.75) is 19.3 Å². The molecular weight excluding hydrogens is 337 g/mol. The fourth-order valence-electron chi connectivity index (χ4n) is 2.66. The highest BCUT2D eigenvalue weighted by Crippen LogP contribution is 2.35. The number of benzene rings is 1. The minimum absolute atomic E-state index is 0.0587. The molecule has 1 aromatic carbocycles. The lowest BCUT2D eigenvalue weighted by atomic mass is 10.0. The number of amides is 1. The summed E-state index contributed by atoms with van der Waals surface area (Å²) in [6, 6.07) is 7.95. The third kappa shape index (κ3) is 3.74. The van der Waals surface area contributed by atoms with Crippen molar-refractivity contribution >= 4 is 5.91 Å².